The summed E-state index contributed by atoms with van der Waals surface area (Å²) < 4.78 is 22.5. The third kappa shape index (κ3) is 4.72. The smallest absolute Gasteiger partial charge is 0.407 e. The average Bonchev–Trinajstić information content (AvgIpc) is 2.50. The van der Waals surface area contributed by atoms with Crippen molar-refractivity contribution in [3.8, 4) is 0 Å². The van der Waals surface area contributed by atoms with E-state index < -0.39 is 18.1 Å². The molecule has 1 amide bonds. The highest BCUT2D eigenvalue weighted by Gasteiger charge is 2.40. The number of cyclic esters (lactones) is 1. The number of unbranched alkanes of at least 4 members (excludes halogenated alkanes) is 2. The summed E-state index contributed by atoms with van der Waals surface area (Å²) in [5.41, 5.74) is 1.09. The van der Waals surface area contributed by atoms with E-state index >= 15 is 0 Å². The Bertz CT molecular complexity index is 523. The summed E-state index contributed by atoms with van der Waals surface area (Å²) in [6.07, 6.45) is 2.59. The van der Waals surface area contributed by atoms with Crippen LogP contribution in [0.2, 0.25) is 0 Å². The van der Waals surface area contributed by atoms with E-state index in [1.54, 1.807) is 19.1 Å². The molecule has 122 valence electrons. The molecule has 5 nitrogen and oxygen atoms in total. The van der Waals surface area contributed by atoms with Gasteiger partial charge in [-0.05, 0) is 50.3 Å². The highest BCUT2D eigenvalue weighted by atomic mass is 19.1. The van der Waals surface area contributed by atoms with Crippen LogP contribution < -0.4 is 5.32 Å². The monoisotopic (exact) mass is 311 g/mol. The van der Waals surface area contributed by atoms with Crippen molar-refractivity contribution in [2.24, 2.45) is 0 Å². The van der Waals surface area contributed by atoms with Gasteiger partial charge in [0.2, 0.25) is 0 Å². The number of esters is 1. The number of benzene rings is 1. The number of carbonyl (C=O) groups is 2. The minimum atomic E-state index is -0.592. The van der Waals surface area contributed by atoms with Gasteiger partial charge in [-0.15, -0.1) is 0 Å². The van der Waals surface area contributed by atoms with Gasteiger partial charge in [0.05, 0.1) is 6.61 Å². The summed E-state index contributed by atoms with van der Waals surface area (Å²) in [6, 6.07) is 5.87. The van der Waals surface area contributed by atoms with Crippen molar-refractivity contribution >= 4 is 12.1 Å². The summed E-state index contributed by atoms with van der Waals surface area (Å²) in [5.74, 6) is -0.656. The number of rotatable bonds is 7. The molecule has 0 aliphatic carbocycles. The normalized spacial score (nSPS) is 20.0. The topological polar surface area (TPSA) is 64.6 Å². The first-order chi connectivity index (χ1) is 10.6. The highest BCUT2D eigenvalue weighted by molar-refractivity contribution is 5.86. The number of hydrogen-bond donors (Lipinski definition) is 1. The second-order valence-electron chi connectivity index (χ2n) is 5.34. The molecule has 1 fully saturated rings. The molecule has 0 aromatic heterocycles. The van der Waals surface area contributed by atoms with Crippen LogP contribution in [0.25, 0.3) is 0 Å². The van der Waals surface area contributed by atoms with Crippen molar-refractivity contribution in [2.45, 2.75) is 44.8 Å². The Labute approximate surface area is 130 Å². The molecule has 0 bridgehead atoms. The van der Waals surface area contributed by atoms with E-state index in [0.717, 1.165) is 31.2 Å². The number of ether oxygens (including phenoxy) is 2. The van der Waals surface area contributed by atoms with Crippen molar-refractivity contribution in [1.82, 2.24) is 5.32 Å². The van der Waals surface area contributed by atoms with Crippen LogP contribution >= 0.6 is 0 Å². The van der Waals surface area contributed by atoms with Crippen LogP contribution in [-0.4, -0.2) is 30.8 Å². The lowest BCUT2D eigenvalue weighted by atomic mass is 10.1. The first-order valence-corrected chi connectivity index (χ1v) is 7.44. The molecule has 1 aromatic carbocycles. The van der Waals surface area contributed by atoms with E-state index in [9.17, 15) is 14.0 Å². The van der Waals surface area contributed by atoms with Crippen molar-refractivity contribution in [1.29, 1.82) is 0 Å². The predicted molar refractivity (Wildman–Crippen MR) is 79.9 cm³/mol. The van der Waals surface area contributed by atoms with Crippen molar-refractivity contribution in [3.05, 3.63) is 35.6 Å². The molecule has 1 saturated heterocycles. The first-order valence-electron chi connectivity index (χ1n) is 7.44. The maximum Gasteiger partial charge on any atom is 0.407 e. The van der Waals surface area contributed by atoms with Gasteiger partial charge >= 0.3 is 12.1 Å². The molecule has 0 radical (unpaired) electrons. The molecule has 0 saturated carbocycles. The van der Waals surface area contributed by atoms with Gasteiger partial charge in [0, 0.05) is 1.43 Å². The van der Waals surface area contributed by atoms with E-state index in [4.69, 9.17) is 9.47 Å². The zero-order valence-corrected chi connectivity index (χ0v) is 12.5. The second kappa shape index (κ2) is 7.77. The van der Waals surface area contributed by atoms with Gasteiger partial charge in [-0.3, -0.25) is 0 Å². The van der Waals surface area contributed by atoms with E-state index in [1.807, 2.05) is 0 Å². The fraction of sp³-hybridized carbons (Fsp3) is 0.500. The van der Waals surface area contributed by atoms with E-state index in [0.29, 0.717) is 6.61 Å². The Morgan fingerprint density at radius 3 is 2.68 bits per heavy atom. The third-order valence-electron chi connectivity index (χ3n) is 3.55. The zero-order chi connectivity index (χ0) is 15.9. The Balaban J connectivity index is 0.00000264. The van der Waals surface area contributed by atoms with Crippen LogP contribution in [0.15, 0.2) is 24.3 Å². The van der Waals surface area contributed by atoms with Crippen LogP contribution in [0.5, 0.6) is 0 Å². The van der Waals surface area contributed by atoms with E-state index in [1.165, 1.54) is 12.1 Å². The summed E-state index contributed by atoms with van der Waals surface area (Å²) >= 11 is 0. The number of amides is 1. The Morgan fingerprint density at radius 1 is 1.32 bits per heavy atom. The minimum absolute atomic E-state index is 0. The van der Waals surface area contributed by atoms with Gasteiger partial charge in [0.1, 0.15) is 11.9 Å². The first kappa shape index (κ1) is 16.3. The molecule has 1 aliphatic heterocycles. The van der Waals surface area contributed by atoms with Crippen LogP contribution in [0.1, 0.15) is 33.2 Å². The van der Waals surface area contributed by atoms with Crippen LogP contribution in [-0.2, 0) is 20.7 Å². The lowest BCUT2D eigenvalue weighted by Crippen LogP contribution is -2.58. The molecule has 1 N–H and O–H groups in total. The van der Waals surface area contributed by atoms with Gasteiger partial charge in [-0.2, -0.15) is 0 Å². The number of carbonyl (C=O) groups excluding carboxylic acids is 2. The average molecular weight is 311 g/mol. The number of halogens is 1. The molecule has 22 heavy (non-hydrogen) atoms. The Kier molecular flexibility index (Phi) is 5.75. The zero-order valence-electron chi connectivity index (χ0n) is 12.5. The summed E-state index contributed by atoms with van der Waals surface area (Å²) in [5, 5.41) is 2.47. The summed E-state index contributed by atoms with van der Waals surface area (Å²) in [7, 11) is 0. The Morgan fingerprint density at radius 2 is 2.05 bits per heavy atom. The summed E-state index contributed by atoms with van der Waals surface area (Å²) in [4.78, 5) is 22.5. The number of aryl methyl sites for hydroxylation is 1. The molecule has 6 heteroatoms. The van der Waals surface area contributed by atoms with Gasteiger partial charge in [-0.25, -0.2) is 14.0 Å². The van der Waals surface area contributed by atoms with E-state index in [2.05, 4.69) is 5.32 Å². The number of alkyl carbamates (subject to hydrolysis) is 1. The number of nitrogens with one attached hydrogen (secondary N) is 1. The summed E-state index contributed by atoms with van der Waals surface area (Å²) in [6.45, 7) is 2.02. The van der Waals surface area contributed by atoms with Gasteiger partial charge in [0.25, 0.3) is 0 Å². The standard InChI is InChI=1S/C16H20FNO4.H2/c1-11-14(15(19)22-11)18-16(20)21-10-4-2-3-5-12-6-8-13(17)9-7-12;/h6-9,11,14H,2-5,10H2,1H3,(H,18,20);1H/t11-,14+;/m0./s1. The fourth-order valence-electron chi connectivity index (χ4n) is 2.21. The predicted octanol–water partition coefficient (Wildman–Crippen LogP) is 2.82. The molecule has 1 aromatic rings. The maximum atomic E-state index is 12.7. The van der Waals surface area contributed by atoms with Crippen LogP contribution in [0.3, 0.4) is 0 Å². The Hall–Kier alpha value is -2.11. The second-order valence-corrected chi connectivity index (χ2v) is 5.34. The quantitative estimate of drug-likeness (QED) is 0.621. The lowest BCUT2D eigenvalue weighted by molar-refractivity contribution is -0.174. The van der Waals surface area contributed by atoms with Crippen molar-refractivity contribution in [3.63, 3.8) is 0 Å². The van der Waals surface area contributed by atoms with Crippen molar-refractivity contribution < 1.29 is 24.9 Å². The van der Waals surface area contributed by atoms with E-state index in [-0.39, 0.29) is 13.3 Å². The maximum absolute atomic E-state index is 12.7. The van der Waals surface area contributed by atoms with Gasteiger partial charge < -0.3 is 14.8 Å². The fourth-order valence-corrected chi connectivity index (χ4v) is 2.21. The SMILES string of the molecule is C[C@@H]1OC(=O)[C@@H]1NC(=O)OCCCCCc1ccc(F)cc1.[HH]. The molecular weight excluding hydrogens is 289 g/mol. The molecule has 0 spiro atoms. The van der Waals surface area contributed by atoms with Gasteiger partial charge in [0.15, 0.2) is 6.04 Å². The van der Waals surface area contributed by atoms with Crippen LogP contribution in [0, 0.1) is 5.82 Å². The highest BCUT2D eigenvalue weighted by Crippen LogP contribution is 2.13. The molecule has 2 atom stereocenters. The number of hydrogen-bond acceptors (Lipinski definition) is 4. The molecule has 1 heterocycles. The van der Waals surface area contributed by atoms with Crippen LogP contribution in [0.4, 0.5) is 9.18 Å². The largest absolute Gasteiger partial charge is 0.458 e. The minimum Gasteiger partial charge on any atom is -0.458 e. The molecule has 1 aliphatic rings. The van der Waals surface area contributed by atoms with Gasteiger partial charge in [-0.1, -0.05) is 12.1 Å². The molecule has 0 unspecified atom stereocenters. The third-order valence-corrected chi connectivity index (χ3v) is 3.55. The van der Waals surface area contributed by atoms with Crippen molar-refractivity contribution in [2.75, 3.05) is 6.61 Å². The molecular formula is C16H22FNO4. The lowest BCUT2D eigenvalue weighted by Gasteiger charge is -2.32. The molecule has 2 rings (SSSR count).